The van der Waals surface area contributed by atoms with Gasteiger partial charge in [0.1, 0.15) is 5.69 Å². The van der Waals surface area contributed by atoms with Crippen molar-refractivity contribution in [1.29, 1.82) is 0 Å². The molecule has 0 unspecified atom stereocenters. The number of nitrogens with zero attached hydrogens (tertiary/aromatic N) is 5. The zero-order valence-corrected chi connectivity index (χ0v) is 15.5. The Hall–Kier alpha value is -2.97. The van der Waals surface area contributed by atoms with Crippen LogP contribution in [-0.2, 0) is 4.79 Å². The first-order valence-electron chi connectivity index (χ1n) is 8.01. The first-order valence-corrected chi connectivity index (χ1v) is 9.37. The maximum absolute atomic E-state index is 12.2. The van der Waals surface area contributed by atoms with Crippen LogP contribution in [0.2, 0.25) is 5.02 Å². The zero-order valence-electron chi connectivity index (χ0n) is 13.9. The van der Waals surface area contributed by atoms with Crippen molar-refractivity contribution in [3.8, 4) is 11.4 Å². The van der Waals surface area contributed by atoms with E-state index in [2.05, 4.69) is 25.6 Å². The standard InChI is InChI=1S/C18H13ClN6OS/c19-12-4-6-13(7-5-12)21-17(26)11-27-18-23-22-16-9-8-15(24-25(16)18)14-3-1-2-10-20-14/h1-10H,11H2,(H,21,26). The molecule has 0 fully saturated rings. The summed E-state index contributed by atoms with van der Waals surface area (Å²) in [7, 11) is 0. The molecule has 4 rings (SSSR count). The monoisotopic (exact) mass is 396 g/mol. The van der Waals surface area contributed by atoms with Crippen LogP contribution in [0.1, 0.15) is 0 Å². The molecule has 3 aromatic heterocycles. The van der Waals surface area contributed by atoms with E-state index in [1.807, 2.05) is 30.3 Å². The smallest absolute Gasteiger partial charge is 0.234 e. The van der Waals surface area contributed by atoms with Gasteiger partial charge in [0, 0.05) is 16.9 Å². The summed E-state index contributed by atoms with van der Waals surface area (Å²) in [5.74, 6) is 0.0267. The maximum Gasteiger partial charge on any atom is 0.234 e. The molecule has 1 amide bonds. The molecule has 4 aromatic rings. The number of anilines is 1. The van der Waals surface area contributed by atoms with Gasteiger partial charge in [-0.2, -0.15) is 9.61 Å². The molecule has 0 saturated heterocycles. The maximum atomic E-state index is 12.2. The Morgan fingerprint density at radius 1 is 1.04 bits per heavy atom. The predicted octanol–water partition coefficient (Wildman–Crippen LogP) is 3.57. The minimum absolute atomic E-state index is 0.153. The molecule has 0 aliphatic heterocycles. The minimum Gasteiger partial charge on any atom is -0.325 e. The zero-order chi connectivity index (χ0) is 18.6. The van der Waals surface area contributed by atoms with E-state index in [1.54, 1.807) is 35.0 Å². The number of hydrogen-bond acceptors (Lipinski definition) is 6. The van der Waals surface area contributed by atoms with Crippen molar-refractivity contribution in [1.82, 2.24) is 24.8 Å². The molecule has 0 atom stereocenters. The van der Waals surface area contributed by atoms with Crippen molar-refractivity contribution in [2.75, 3.05) is 11.1 Å². The Balaban J connectivity index is 1.48. The molecule has 9 heteroatoms. The van der Waals surface area contributed by atoms with Gasteiger partial charge in [-0.05, 0) is 48.5 Å². The molecule has 0 spiro atoms. The average Bonchev–Trinajstić information content (AvgIpc) is 3.11. The summed E-state index contributed by atoms with van der Waals surface area (Å²) in [4.78, 5) is 16.5. The topological polar surface area (TPSA) is 85.1 Å². The Morgan fingerprint density at radius 3 is 2.67 bits per heavy atom. The van der Waals surface area contributed by atoms with E-state index in [0.717, 1.165) is 5.69 Å². The summed E-state index contributed by atoms with van der Waals surface area (Å²) in [6, 6.07) is 16.2. The van der Waals surface area contributed by atoms with Crippen molar-refractivity contribution in [3.63, 3.8) is 0 Å². The van der Waals surface area contributed by atoms with Gasteiger partial charge in [-0.25, -0.2) is 0 Å². The number of carbonyl (C=O) groups is 1. The average molecular weight is 397 g/mol. The van der Waals surface area contributed by atoms with Crippen LogP contribution in [-0.4, -0.2) is 36.5 Å². The highest BCUT2D eigenvalue weighted by atomic mass is 35.5. The molecule has 134 valence electrons. The van der Waals surface area contributed by atoms with E-state index in [0.29, 0.717) is 27.2 Å². The van der Waals surface area contributed by atoms with Gasteiger partial charge in [0.2, 0.25) is 11.1 Å². The van der Waals surface area contributed by atoms with E-state index in [4.69, 9.17) is 11.6 Å². The summed E-state index contributed by atoms with van der Waals surface area (Å²) in [5, 5.41) is 16.7. The number of amides is 1. The van der Waals surface area contributed by atoms with Gasteiger partial charge in [0.15, 0.2) is 5.65 Å². The van der Waals surface area contributed by atoms with Crippen LogP contribution < -0.4 is 5.32 Å². The van der Waals surface area contributed by atoms with Crippen LogP contribution in [0, 0.1) is 0 Å². The van der Waals surface area contributed by atoms with Gasteiger partial charge >= 0.3 is 0 Å². The SMILES string of the molecule is O=C(CSc1nnc2ccc(-c3ccccn3)nn12)Nc1ccc(Cl)cc1. The highest BCUT2D eigenvalue weighted by Crippen LogP contribution is 2.20. The van der Waals surface area contributed by atoms with Crippen LogP contribution in [0.15, 0.2) is 66.0 Å². The molecular weight excluding hydrogens is 384 g/mol. The van der Waals surface area contributed by atoms with E-state index >= 15 is 0 Å². The third kappa shape index (κ3) is 4.07. The van der Waals surface area contributed by atoms with Gasteiger partial charge in [-0.3, -0.25) is 9.78 Å². The fraction of sp³-hybridized carbons (Fsp3) is 0.0556. The number of benzene rings is 1. The molecule has 1 N–H and O–H groups in total. The number of nitrogens with one attached hydrogen (secondary N) is 1. The molecule has 0 bridgehead atoms. The lowest BCUT2D eigenvalue weighted by Crippen LogP contribution is -2.14. The Kier molecular flexibility index (Phi) is 4.99. The van der Waals surface area contributed by atoms with E-state index < -0.39 is 0 Å². The fourth-order valence-electron chi connectivity index (χ4n) is 2.37. The summed E-state index contributed by atoms with van der Waals surface area (Å²) in [5.41, 5.74) is 2.75. The van der Waals surface area contributed by atoms with Crippen molar-refractivity contribution in [2.24, 2.45) is 0 Å². The molecule has 0 saturated carbocycles. The second kappa shape index (κ2) is 7.73. The third-order valence-electron chi connectivity index (χ3n) is 3.62. The van der Waals surface area contributed by atoms with Crippen LogP contribution in [0.3, 0.4) is 0 Å². The quantitative estimate of drug-likeness (QED) is 0.519. The summed E-state index contributed by atoms with van der Waals surface area (Å²) in [6.45, 7) is 0. The first-order chi connectivity index (χ1) is 13.2. The molecular formula is C18H13ClN6OS. The first kappa shape index (κ1) is 17.4. The fourth-order valence-corrected chi connectivity index (χ4v) is 3.18. The Morgan fingerprint density at radius 2 is 1.89 bits per heavy atom. The molecule has 3 heterocycles. The largest absolute Gasteiger partial charge is 0.325 e. The molecule has 27 heavy (non-hydrogen) atoms. The number of thioether (sulfide) groups is 1. The van der Waals surface area contributed by atoms with Gasteiger partial charge in [-0.15, -0.1) is 10.2 Å². The van der Waals surface area contributed by atoms with Crippen LogP contribution in [0.4, 0.5) is 5.69 Å². The number of rotatable bonds is 5. The van der Waals surface area contributed by atoms with Gasteiger partial charge < -0.3 is 5.32 Å². The second-order valence-corrected chi connectivity index (χ2v) is 6.91. The summed E-state index contributed by atoms with van der Waals surface area (Å²) >= 11 is 7.10. The number of carbonyl (C=O) groups excluding carboxylic acids is 1. The predicted molar refractivity (Wildman–Crippen MR) is 105 cm³/mol. The molecule has 1 aromatic carbocycles. The third-order valence-corrected chi connectivity index (χ3v) is 4.79. The van der Waals surface area contributed by atoms with Gasteiger partial charge in [-0.1, -0.05) is 29.4 Å². The van der Waals surface area contributed by atoms with E-state index in [-0.39, 0.29) is 11.7 Å². The summed E-state index contributed by atoms with van der Waals surface area (Å²) < 4.78 is 1.62. The van der Waals surface area contributed by atoms with Crippen molar-refractivity contribution in [2.45, 2.75) is 5.16 Å². The lowest BCUT2D eigenvalue weighted by Gasteiger charge is -2.05. The normalized spacial score (nSPS) is 10.9. The number of aromatic nitrogens is 5. The number of fused-ring (bicyclic) bond motifs is 1. The molecule has 0 aliphatic rings. The van der Waals surface area contributed by atoms with Crippen LogP contribution >= 0.6 is 23.4 Å². The second-order valence-electron chi connectivity index (χ2n) is 5.53. The molecule has 7 nitrogen and oxygen atoms in total. The molecule has 0 radical (unpaired) electrons. The highest BCUT2D eigenvalue weighted by molar-refractivity contribution is 7.99. The number of hydrogen-bond donors (Lipinski definition) is 1. The van der Waals surface area contributed by atoms with Crippen molar-refractivity contribution < 1.29 is 4.79 Å². The number of halogens is 1. The van der Waals surface area contributed by atoms with Crippen molar-refractivity contribution in [3.05, 3.63) is 65.8 Å². The highest BCUT2D eigenvalue weighted by Gasteiger charge is 2.12. The van der Waals surface area contributed by atoms with Crippen LogP contribution in [0.25, 0.3) is 17.0 Å². The Bertz CT molecular complexity index is 1080. The molecule has 0 aliphatic carbocycles. The number of pyridine rings is 1. The summed E-state index contributed by atoms with van der Waals surface area (Å²) in [6.07, 6.45) is 1.71. The van der Waals surface area contributed by atoms with E-state index in [1.165, 1.54) is 11.8 Å². The lowest BCUT2D eigenvalue weighted by atomic mass is 10.2. The minimum atomic E-state index is -0.153. The van der Waals surface area contributed by atoms with Crippen molar-refractivity contribution >= 4 is 40.6 Å². The van der Waals surface area contributed by atoms with E-state index in [9.17, 15) is 4.79 Å². The van der Waals surface area contributed by atoms with Gasteiger partial charge in [0.05, 0.1) is 11.4 Å². The lowest BCUT2D eigenvalue weighted by molar-refractivity contribution is -0.113. The van der Waals surface area contributed by atoms with Gasteiger partial charge in [0.25, 0.3) is 0 Å². The van der Waals surface area contributed by atoms with Crippen LogP contribution in [0.5, 0.6) is 0 Å². The Labute approximate surface area is 163 Å².